The van der Waals surface area contributed by atoms with Gasteiger partial charge in [-0.2, -0.15) is 0 Å². The van der Waals surface area contributed by atoms with E-state index in [0.29, 0.717) is 19.0 Å². The van der Waals surface area contributed by atoms with Crippen molar-refractivity contribution in [1.29, 1.82) is 0 Å². The van der Waals surface area contributed by atoms with E-state index in [-0.39, 0.29) is 5.91 Å². The van der Waals surface area contributed by atoms with Crippen LogP contribution in [0.2, 0.25) is 0 Å². The lowest BCUT2D eigenvalue weighted by Crippen LogP contribution is -2.56. The maximum atomic E-state index is 11.7. The first kappa shape index (κ1) is 11.5. The minimum atomic E-state index is -0.646. The lowest BCUT2D eigenvalue weighted by atomic mass is 9.76. The Morgan fingerprint density at radius 3 is 2.93 bits per heavy atom. The van der Waals surface area contributed by atoms with Crippen molar-refractivity contribution in [3.63, 3.8) is 0 Å². The van der Waals surface area contributed by atoms with Crippen LogP contribution in [-0.4, -0.2) is 24.5 Å². The van der Waals surface area contributed by atoms with E-state index < -0.39 is 5.54 Å². The number of rotatable bonds is 3. The van der Waals surface area contributed by atoms with Crippen LogP contribution in [0.4, 0.5) is 0 Å². The molecule has 1 rings (SSSR count). The van der Waals surface area contributed by atoms with Crippen molar-refractivity contribution >= 4 is 5.91 Å². The van der Waals surface area contributed by atoms with Gasteiger partial charge in [0.2, 0.25) is 5.91 Å². The third-order valence-corrected chi connectivity index (χ3v) is 2.91. The van der Waals surface area contributed by atoms with Gasteiger partial charge in [0.05, 0.1) is 5.54 Å². The zero-order valence-electron chi connectivity index (χ0n) is 8.88. The molecule has 0 aliphatic heterocycles. The molecule has 0 aromatic heterocycles. The molecular weight excluding hydrogens is 178 g/mol. The van der Waals surface area contributed by atoms with Crippen molar-refractivity contribution in [1.82, 2.24) is 5.32 Å². The van der Waals surface area contributed by atoms with Gasteiger partial charge in [-0.15, -0.1) is 0 Å². The average Bonchev–Trinajstić information content (AvgIpc) is 2.13. The van der Waals surface area contributed by atoms with Gasteiger partial charge in [0.25, 0.3) is 0 Å². The van der Waals surface area contributed by atoms with E-state index in [2.05, 4.69) is 12.2 Å². The molecule has 0 heterocycles. The molecule has 2 atom stereocenters. The van der Waals surface area contributed by atoms with Gasteiger partial charge in [-0.1, -0.05) is 19.8 Å². The summed E-state index contributed by atoms with van der Waals surface area (Å²) in [6.45, 7) is 3.14. The summed E-state index contributed by atoms with van der Waals surface area (Å²) in [6, 6.07) is 0. The van der Waals surface area contributed by atoms with Gasteiger partial charge in [0.1, 0.15) is 0 Å². The molecule has 0 aromatic carbocycles. The van der Waals surface area contributed by atoms with Crippen LogP contribution in [0, 0.1) is 5.92 Å². The molecule has 14 heavy (non-hydrogen) atoms. The van der Waals surface area contributed by atoms with E-state index in [4.69, 9.17) is 11.5 Å². The van der Waals surface area contributed by atoms with Crippen molar-refractivity contribution in [2.24, 2.45) is 17.4 Å². The average molecular weight is 199 g/mol. The summed E-state index contributed by atoms with van der Waals surface area (Å²) < 4.78 is 0. The van der Waals surface area contributed by atoms with Crippen molar-refractivity contribution in [3.05, 3.63) is 0 Å². The highest BCUT2D eigenvalue weighted by Gasteiger charge is 2.37. The predicted molar refractivity (Wildman–Crippen MR) is 56.6 cm³/mol. The largest absolute Gasteiger partial charge is 0.353 e. The fourth-order valence-corrected chi connectivity index (χ4v) is 2.16. The Kier molecular flexibility index (Phi) is 3.89. The van der Waals surface area contributed by atoms with Gasteiger partial charge in [-0.3, -0.25) is 4.79 Å². The SMILES string of the molecule is CC1CCCC(N)(C(=O)NCCN)C1. The summed E-state index contributed by atoms with van der Waals surface area (Å²) >= 11 is 0. The number of carbonyl (C=O) groups excluding carboxylic acids is 1. The van der Waals surface area contributed by atoms with Crippen LogP contribution < -0.4 is 16.8 Å². The standard InChI is InChI=1S/C10H21N3O/c1-8-3-2-4-10(12,7-8)9(14)13-6-5-11/h8H,2-7,11-12H2,1H3,(H,13,14). The minimum Gasteiger partial charge on any atom is -0.353 e. The Morgan fingerprint density at radius 2 is 2.36 bits per heavy atom. The number of carbonyl (C=O) groups is 1. The van der Waals surface area contributed by atoms with Crippen molar-refractivity contribution < 1.29 is 4.79 Å². The molecule has 2 unspecified atom stereocenters. The van der Waals surface area contributed by atoms with Crippen molar-refractivity contribution in [3.8, 4) is 0 Å². The molecule has 1 aliphatic rings. The van der Waals surface area contributed by atoms with E-state index in [1.807, 2.05) is 0 Å². The molecular formula is C10H21N3O. The summed E-state index contributed by atoms with van der Waals surface area (Å²) in [6.07, 6.45) is 3.83. The molecule has 1 aliphatic carbocycles. The van der Waals surface area contributed by atoms with Crippen LogP contribution in [0.3, 0.4) is 0 Å². The molecule has 1 amide bonds. The Labute approximate surface area is 85.4 Å². The number of amides is 1. The van der Waals surface area contributed by atoms with Crippen LogP contribution in [0.25, 0.3) is 0 Å². The lowest BCUT2D eigenvalue weighted by molar-refractivity contribution is -0.128. The molecule has 0 saturated heterocycles. The molecule has 1 fully saturated rings. The smallest absolute Gasteiger partial charge is 0.240 e. The van der Waals surface area contributed by atoms with Gasteiger partial charge < -0.3 is 16.8 Å². The molecule has 4 nitrogen and oxygen atoms in total. The zero-order valence-corrected chi connectivity index (χ0v) is 8.88. The predicted octanol–water partition coefficient (Wildman–Crippen LogP) is -0.0311. The zero-order chi connectivity index (χ0) is 10.6. The summed E-state index contributed by atoms with van der Waals surface area (Å²) in [5, 5.41) is 2.77. The molecule has 0 bridgehead atoms. The van der Waals surface area contributed by atoms with Crippen LogP contribution in [0.5, 0.6) is 0 Å². The second kappa shape index (κ2) is 4.75. The van der Waals surface area contributed by atoms with Gasteiger partial charge in [-0.05, 0) is 18.8 Å². The first-order valence-corrected chi connectivity index (χ1v) is 5.36. The molecule has 1 saturated carbocycles. The topological polar surface area (TPSA) is 81.1 Å². The van der Waals surface area contributed by atoms with E-state index in [1.54, 1.807) is 0 Å². The van der Waals surface area contributed by atoms with Gasteiger partial charge >= 0.3 is 0 Å². The monoisotopic (exact) mass is 199 g/mol. The maximum Gasteiger partial charge on any atom is 0.240 e. The van der Waals surface area contributed by atoms with E-state index in [1.165, 1.54) is 6.42 Å². The van der Waals surface area contributed by atoms with Crippen LogP contribution in [0.1, 0.15) is 32.6 Å². The van der Waals surface area contributed by atoms with Crippen molar-refractivity contribution in [2.75, 3.05) is 13.1 Å². The molecule has 5 N–H and O–H groups in total. The Morgan fingerprint density at radius 1 is 1.64 bits per heavy atom. The number of hydrogen-bond acceptors (Lipinski definition) is 3. The minimum absolute atomic E-state index is 0.0329. The highest BCUT2D eigenvalue weighted by Crippen LogP contribution is 2.30. The van der Waals surface area contributed by atoms with E-state index >= 15 is 0 Å². The van der Waals surface area contributed by atoms with Crippen LogP contribution >= 0.6 is 0 Å². The summed E-state index contributed by atoms with van der Waals surface area (Å²) in [7, 11) is 0. The molecule has 0 spiro atoms. The Balaban J connectivity index is 2.50. The second-order valence-electron chi connectivity index (χ2n) is 4.40. The number of nitrogens with one attached hydrogen (secondary N) is 1. The molecule has 82 valence electrons. The van der Waals surface area contributed by atoms with Crippen molar-refractivity contribution in [2.45, 2.75) is 38.1 Å². The normalized spacial score (nSPS) is 32.6. The number of nitrogens with two attached hydrogens (primary N) is 2. The van der Waals surface area contributed by atoms with Crippen LogP contribution in [0.15, 0.2) is 0 Å². The Bertz CT molecular complexity index is 208. The first-order chi connectivity index (χ1) is 6.58. The Hall–Kier alpha value is -0.610. The maximum absolute atomic E-state index is 11.7. The van der Waals surface area contributed by atoms with Crippen LogP contribution in [-0.2, 0) is 4.79 Å². The van der Waals surface area contributed by atoms with Gasteiger partial charge in [-0.25, -0.2) is 0 Å². The fourth-order valence-electron chi connectivity index (χ4n) is 2.16. The summed E-state index contributed by atoms with van der Waals surface area (Å²) in [5.41, 5.74) is 10.8. The molecule has 0 radical (unpaired) electrons. The summed E-state index contributed by atoms with van der Waals surface area (Å²) in [4.78, 5) is 11.7. The van der Waals surface area contributed by atoms with E-state index in [0.717, 1.165) is 19.3 Å². The number of hydrogen-bond donors (Lipinski definition) is 3. The summed E-state index contributed by atoms with van der Waals surface area (Å²) in [5.74, 6) is 0.520. The quantitative estimate of drug-likeness (QED) is 0.597. The fraction of sp³-hybridized carbons (Fsp3) is 0.900. The van der Waals surface area contributed by atoms with Gasteiger partial charge in [0, 0.05) is 13.1 Å². The van der Waals surface area contributed by atoms with Gasteiger partial charge in [0.15, 0.2) is 0 Å². The molecule has 4 heteroatoms. The third kappa shape index (κ3) is 2.69. The second-order valence-corrected chi connectivity index (χ2v) is 4.40. The highest BCUT2D eigenvalue weighted by atomic mass is 16.2. The molecule has 0 aromatic rings. The third-order valence-electron chi connectivity index (χ3n) is 2.91. The van der Waals surface area contributed by atoms with E-state index in [9.17, 15) is 4.79 Å². The highest BCUT2D eigenvalue weighted by molar-refractivity contribution is 5.86. The lowest BCUT2D eigenvalue weighted by Gasteiger charge is -2.35. The first-order valence-electron chi connectivity index (χ1n) is 5.36.